The van der Waals surface area contributed by atoms with E-state index in [-0.39, 0.29) is 11.9 Å². The lowest BCUT2D eigenvalue weighted by Crippen LogP contribution is -2.31. The summed E-state index contributed by atoms with van der Waals surface area (Å²) in [6.45, 7) is 0.654. The van der Waals surface area contributed by atoms with E-state index in [9.17, 15) is 4.79 Å². The Hall–Kier alpha value is -2.38. The number of pyridine rings is 1. The molecule has 1 aliphatic rings. The van der Waals surface area contributed by atoms with Gasteiger partial charge in [0.1, 0.15) is 11.1 Å². The van der Waals surface area contributed by atoms with E-state index >= 15 is 0 Å². The second-order valence-corrected chi connectivity index (χ2v) is 7.41. The van der Waals surface area contributed by atoms with Crippen molar-refractivity contribution in [2.75, 3.05) is 12.8 Å². The Morgan fingerprint density at radius 3 is 3.04 bits per heavy atom. The summed E-state index contributed by atoms with van der Waals surface area (Å²) in [5.74, 6) is 0.862. The van der Waals surface area contributed by atoms with E-state index in [1.54, 1.807) is 29.3 Å². The number of benzene rings is 1. The minimum Gasteiger partial charge on any atom is -0.337 e. The van der Waals surface area contributed by atoms with Gasteiger partial charge in [0.25, 0.3) is 5.91 Å². The van der Waals surface area contributed by atoms with E-state index in [4.69, 9.17) is 16.1 Å². The third kappa shape index (κ3) is 3.57. The van der Waals surface area contributed by atoms with Crippen molar-refractivity contribution in [3.63, 3.8) is 0 Å². The van der Waals surface area contributed by atoms with Gasteiger partial charge in [-0.15, -0.1) is 11.8 Å². The number of hydrogen-bond acceptors (Lipinski definition) is 6. The van der Waals surface area contributed by atoms with Crippen LogP contribution in [0.3, 0.4) is 0 Å². The number of halogens is 1. The molecule has 2 aromatic heterocycles. The molecule has 0 radical (unpaired) electrons. The molecule has 1 atom stereocenters. The monoisotopic (exact) mass is 400 g/mol. The van der Waals surface area contributed by atoms with Crippen molar-refractivity contribution in [1.29, 1.82) is 0 Å². The fourth-order valence-corrected chi connectivity index (χ4v) is 3.98. The van der Waals surface area contributed by atoms with Crippen molar-refractivity contribution >= 4 is 29.3 Å². The Bertz CT molecular complexity index is 978. The van der Waals surface area contributed by atoms with Crippen molar-refractivity contribution in [3.8, 4) is 11.4 Å². The van der Waals surface area contributed by atoms with Gasteiger partial charge in [-0.2, -0.15) is 4.98 Å². The molecule has 1 saturated heterocycles. The van der Waals surface area contributed by atoms with Gasteiger partial charge in [0.05, 0.1) is 5.56 Å². The Balaban J connectivity index is 1.61. The summed E-state index contributed by atoms with van der Waals surface area (Å²) in [6.07, 6.45) is 5.28. The largest absolute Gasteiger partial charge is 0.337 e. The molecule has 1 aliphatic heterocycles. The molecule has 0 bridgehead atoms. The highest BCUT2D eigenvalue weighted by Gasteiger charge is 2.35. The number of rotatable bonds is 4. The fourth-order valence-electron chi connectivity index (χ4n) is 3.25. The summed E-state index contributed by atoms with van der Waals surface area (Å²) in [6, 6.07) is 10.6. The minimum atomic E-state index is -0.229. The molecule has 1 amide bonds. The maximum absolute atomic E-state index is 13.1. The summed E-state index contributed by atoms with van der Waals surface area (Å²) in [4.78, 5) is 23.7. The zero-order valence-electron chi connectivity index (χ0n) is 14.6. The van der Waals surface area contributed by atoms with Crippen LogP contribution in [0.4, 0.5) is 0 Å². The van der Waals surface area contributed by atoms with Gasteiger partial charge >= 0.3 is 0 Å². The average molecular weight is 401 g/mol. The van der Waals surface area contributed by atoms with Crippen LogP contribution in [-0.2, 0) is 0 Å². The van der Waals surface area contributed by atoms with Crippen molar-refractivity contribution in [2.45, 2.75) is 23.9 Å². The molecule has 1 aromatic carbocycles. The van der Waals surface area contributed by atoms with E-state index in [2.05, 4.69) is 15.1 Å². The van der Waals surface area contributed by atoms with Crippen LogP contribution in [0.15, 0.2) is 52.1 Å². The van der Waals surface area contributed by atoms with Gasteiger partial charge in [0.2, 0.25) is 11.7 Å². The molecule has 27 heavy (non-hydrogen) atoms. The first-order chi connectivity index (χ1) is 13.2. The molecule has 1 fully saturated rings. The Morgan fingerprint density at radius 1 is 1.33 bits per heavy atom. The van der Waals surface area contributed by atoms with Crippen LogP contribution in [0.5, 0.6) is 0 Å². The standard InChI is InChI=1S/C19H17ClN4O2S/c1-27-18-14(7-3-9-21-18)19(25)24-10-4-8-15(24)17-22-16(23-26-17)12-5-2-6-13(20)11-12/h2-3,5-7,9,11,15H,4,8,10H2,1H3/t15-/m0/s1. The maximum Gasteiger partial charge on any atom is 0.257 e. The minimum absolute atomic E-state index is 0.0579. The number of thioether (sulfide) groups is 1. The van der Waals surface area contributed by atoms with Crippen LogP contribution in [-0.4, -0.2) is 38.7 Å². The predicted octanol–water partition coefficient (Wildman–Crippen LogP) is 4.48. The van der Waals surface area contributed by atoms with Crippen LogP contribution in [0.25, 0.3) is 11.4 Å². The normalized spacial score (nSPS) is 16.7. The number of likely N-dealkylation sites (tertiary alicyclic amines) is 1. The third-order valence-electron chi connectivity index (χ3n) is 4.52. The third-order valence-corrected chi connectivity index (χ3v) is 5.47. The molecule has 0 spiro atoms. The molecule has 138 valence electrons. The van der Waals surface area contributed by atoms with Gasteiger partial charge in [-0.3, -0.25) is 4.79 Å². The van der Waals surface area contributed by atoms with E-state index in [1.807, 2.05) is 24.5 Å². The summed E-state index contributed by atoms with van der Waals surface area (Å²) in [7, 11) is 0. The molecule has 0 saturated carbocycles. The first-order valence-electron chi connectivity index (χ1n) is 8.57. The predicted molar refractivity (Wildman–Crippen MR) is 104 cm³/mol. The molecular formula is C19H17ClN4O2S. The summed E-state index contributed by atoms with van der Waals surface area (Å²) in [5.41, 5.74) is 1.39. The van der Waals surface area contributed by atoms with Crippen molar-refractivity contribution in [2.24, 2.45) is 0 Å². The number of nitrogens with zero attached hydrogens (tertiary/aromatic N) is 4. The zero-order chi connectivity index (χ0) is 18.8. The second-order valence-electron chi connectivity index (χ2n) is 6.18. The SMILES string of the molecule is CSc1ncccc1C(=O)N1CCC[C@H]1c1nc(-c2cccc(Cl)c2)no1. The van der Waals surface area contributed by atoms with Crippen molar-refractivity contribution in [1.82, 2.24) is 20.0 Å². The second kappa shape index (κ2) is 7.70. The van der Waals surface area contributed by atoms with E-state index in [1.165, 1.54) is 11.8 Å². The van der Waals surface area contributed by atoms with Gasteiger partial charge in [-0.1, -0.05) is 28.9 Å². The summed E-state index contributed by atoms with van der Waals surface area (Å²) in [5, 5.41) is 5.40. The number of hydrogen-bond donors (Lipinski definition) is 0. The molecule has 4 rings (SSSR count). The number of amides is 1. The van der Waals surface area contributed by atoms with E-state index < -0.39 is 0 Å². The van der Waals surface area contributed by atoms with Crippen LogP contribution in [0.1, 0.15) is 35.1 Å². The Morgan fingerprint density at radius 2 is 2.22 bits per heavy atom. The lowest BCUT2D eigenvalue weighted by atomic mass is 10.2. The molecule has 0 N–H and O–H groups in total. The number of aromatic nitrogens is 3. The number of carbonyl (C=O) groups excluding carboxylic acids is 1. The topological polar surface area (TPSA) is 72.1 Å². The molecule has 8 heteroatoms. The van der Waals surface area contributed by atoms with Crippen molar-refractivity contribution in [3.05, 3.63) is 59.1 Å². The highest BCUT2D eigenvalue weighted by Crippen LogP contribution is 2.34. The quantitative estimate of drug-likeness (QED) is 0.601. The van der Waals surface area contributed by atoms with Gasteiger partial charge in [0.15, 0.2) is 0 Å². The summed E-state index contributed by atoms with van der Waals surface area (Å²) < 4.78 is 5.50. The van der Waals surface area contributed by atoms with Crippen LogP contribution < -0.4 is 0 Å². The fraction of sp³-hybridized carbons (Fsp3) is 0.263. The highest BCUT2D eigenvalue weighted by molar-refractivity contribution is 7.98. The zero-order valence-corrected chi connectivity index (χ0v) is 16.2. The Labute approximate surface area is 165 Å². The van der Waals surface area contributed by atoms with E-state index in [0.29, 0.717) is 28.8 Å². The van der Waals surface area contributed by atoms with Gasteiger partial charge in [-0.05, 0) is 43.4 Å². The smallest absolute Gasteiger partial charge is 0.257 e. The van der Waals surface area contributed by atoms with Gasteiger partial charge in [0, 0.05) is 23.3 Å². The van der Waals surface area contributed by atoms with Gasteiger partial charge < -0.3 is 9.42 Å². The molecule has 0 aliphatic carbocycles. The maximum atomic E-state index is 13.1. The average Bonchev–Trinajstić information content (AvgIpc) is 3.36. The first-order valence-corrected chi connectivity index (χ1v) is 10.2. The lowest BCUT2D eigenvalue weighted by molar-refractivity contribution is 0.0705. The molecule has 0 unspecified atom stereocenters. The number of carbonyl (C=O) groups is 1. The van der Waals surface area contributed by atoms with E-state index in [0.717, 1.165) is 23.4 Å². The Kier molecular flexibility index (Phi) is 5.13. The van der Waals surface area contributed by atoms with Crippen LogP contribution >= 0.6 is 23.4 Å². The molecule has 3 aromatic rings. The first kappa shape index (κ1) is 18.0. The van der Waals surface area contributed by atoms with Crippen LogP contribution in [0.2, 0.25) is 5.02 Å². The lowest BCUT2D eigenvalue weighted by Gasteiger charge is -2.22. The molecular weight excluding hydrogens is 384 g/mol. The van der Waals surface area contributed by atoms with Crippen molar-refractivity contribution < 1.29 is 9.32 Å². The highest BCUT2D eigenvalue weighted by atomic mass is 35.5. The van der Waals surface area contributed by atoms with Crippen LogP contribution in [0, 0.1) is 0 Å². The summed E-state index contributed by atoms with van der Waals surface area (Å²) >= 11 is 7.50. The molecule has 6 nitrogen and oxygen atoms in total. The molecule has 3 heterocycles. The van der Waals surface area contributed by atoms with Gasteiger partial charge in [-0.25, -0.2) is 4.98 Å².